The second-order valence-electron chi connectivity index (χ2n) is 6.05. The molecule has 1 rings (SSSR count). The van der Waals surface area contributed by atoms with E-state index < -0.39 is 30.1 Å². The number of amides is 3. The van der Waals surface area contributed by atoms with Crippen molar-refractivity contribution in [2.24, 2.45) is 5.92 Å². The van der Waals surface area contributed by atoms with Crippen LogP contribution in [0.4, 0.5) is 10.5 Å². The van der Waals surface area contributed by atoms with Crippen LogP contribution in [-0.4, -0.2) is 50.3 Å². The number of ether oxygens (including phenoxy) is 2. The topological polar surface area (TPSA) is 106 Å². The Morgan fingerprint density at radius 1 is 1.08 bits per heavy atom. The Morgan fingerprint density at radius 3 is 2.31 bits per heavy atom. The molecule has 144 valence electrons. The van der Waals surface area contributed by atoms with E-state index in [4.69, 9.17) is 9.47 Å². The van der Waals surface area contributed by atoms with E-state index in [0.717, 1.165) is 0 Å². The van der Waals surface area contributed by atoms with Crippen LogP contribution in [0.3, 0.4) is 0 Å². The van der Waals surface area contributed by atoms with Crippen molar-refractivity contribution in [2.45, 2.75) is 32.9 Å². The molecule has 3 amide bonds. The van der Waals surface area contributed by atoms with Crippen LogP contribution in [0.25, 0.3) is 0 Å². The van der Waals surface area contributed by atoms with Crippen LogP contribution in [0.1, 0.15) is 20.8 Å². The van der Waals surface area contributed by atoms with E-state index in [9.17, 15) is 14.4 Å². The first-order valence-electron chi connectivity index (χ1n) is 8.44. The summed E-state index contributed by atoms with van der Waals surface area (Å²) in [6, 6.07) is 7.46. The van der Waals surface area contributed by atoms with Gasteiger partial charge in [-0.25, -0.2) is 9.59 Å². The van der Waals surface area contributed by atoms with E-state index in [1.807, 2.05) is 6.07 Å². The fourth-order valence-corrected chi connectivity index (χ4v) is 2.05. The molecule has 0 saturated heterocycles. The summed E-state index contributed by atoms with van der Waals surface area (Å²) in [7, 11) is 1.52. The van der Waals surface area contributed by atoms with Crippen molar-refractivity contribution in [1.29, 1.82) is 0 Å². The first-order valence-corrected chi connectivity index (χ1v) is 8.44. The van der Waals surface area contributed by atoms with Gasteiger partial charge in [0.25, 0.3) is 5.91 Å². The molecule has 1 aromatic rings. The third kappa shape index (κ3) is 7.52. The van der Waals surface area contributed by atoms with Gasteiger partial charge in [0, 0.05) is 19.3 Å². The number of hydrogen-bond donors (Lipinski definition) is 3. The molecule has 0 fully saturated rings. The molecule has 0 spiro atoms. The minimum Gasteiger partial charge on any atom is -0.451 e. The molecule has 8 nitrogen and oxygen atoms in total. The Morgan fingerprint density at radius 2 is 1.73 bits per heavy atom. The van der Waals surface area contributed by atoms with Crippen molar-refractivity contribution in [3.05, 3.63) is 30.3 Å². The first kappa shape index (κ1) is 21.4. The second-order valence-corrected chi connectivity index (χ2v) is 6.05. The van der Waals surface area contributed by atoms with E-state index in [-0.39, 0.29) is 5.92 Å². The van der Waals surface area contributed by atoms with Gasteiger partial charge in [-0.2, -0.15) is 0 Å². The molecule has 26 heavy (non-hydrogen) atoms. The summed E-state index contributed by atoms with van der Waals surface area (Å²) >= 11 is 0. The Hall–Kier alpha value is -2.61. The van der Waals surface area contributed by atoms with Crippen molar-refractivity contribution >= 4 is 23.6 Å². The molecule has 2 atom stereocenters. The quantitative estimate of drug-likeness (QED) is 0.455. The van der Waals surface area contributed by atoms with Crippen LogP contribution in [0, 0.1) is 5.92 Å². The minimum atomic E-state index is -0.973. The number of esters is 1. The van der Waals surface area contributed by atoms with E-state index in [1.54, 1.807) is 38.1 Å². The third-order valence-corrected chi connectivity index (χ3v) is 3.51. The predicted octanol–water partition coefficient (Wildman–Crippen LogP) is 1.53. The van der Waals surface area contributed by atoms with Crippen LogP contribution >= 0.6 is 0 Å². The number of benzene rings is 1. The lowest BCUT2D eigenvalue weighted by Crippen LogP contribution is -2.49. The summed E-state index contributed by atoms with van der Waals surface area (Å²) in [6.07, 6.45) is -0.973. The Bertz CT molecular complexity index is 592. The van der Waals surface area contributed by atoms with Gasteiger partial charge in [-0.3, -0.25) is 4.79 Å². The molecule has 0 saturated carbocycles. The van der Waals surface area contributed by atoms with Gasteiger partial charge in [-0.05, 0) is 25.0 Å². The molecular formula is C18H27N3O5. The number of methoxy groups -OCH3 is 1. The highest BCUT2D eigenvalue weighted by Crippen LogP contribution is 2.08. The average Bonchev–Trinajstić information content (AvgIpc) is 2.60. The maximum atomic E-state index is 12.3. The normalized spacial score (nSPS) is 12.8. The molecular weight excluding hydrogens is 338 g/mol. The predicted molar refractivity (Wildman–Crippen MR) is 97.7 cm³/mol. The highest BCUT2D eigenvalue weighted by atomic mass is 16.5. The Kier molecular flexibility index (Phi) is 9.14. The van der Waals surface area contributed by atoms with E-state index >= 15 is 0 Å². The van der Waals surface area contributed by atoms with Gasteiger partial charge in [-0.1, -0.05) is 32.0 Å². The number of carbonyl (C=O) groups is 3. The summed E-state index contributed by atoms with van der Waals surface area (Å²) in [4.78, 5) is 36.3. The standard InChI is InChI=1S/C18H27N3O5/c1-12(2)15(21-18(24)20-14-8-6-5-7-9-14)17(23)26-13(3)16(22)19-10-11-25-4/h5-9,12-13,15H,10-11H2,1-4H3,(H,19,22)(H2,20,21,24)/t13-,15+/m0/s1. The average molecular weight is 365 g/mol. The van der Waals surface area contributed by atoms with Gasteiger partial charge >= 0.3 is 12.0 Å². The zero-order valence-corrected chi connectivity index (χ0v) is 15.6. The van der Waals surface area contributed by atoms with Gasteiger partial charge in [0.05, 0.1) is 6.61 Å². The molecule has 8 heteroatoms. The lowest BCUT2D eigenvalue weighted by molar-refractivity contribution is -0.157. The number of nitrogens with one attached hydrogen (secondary N) is 3. The number of carbonyl (C=O) groups excluding carboxylic acids is 3. The third-order valence-electron chi connectivity index (χ3n) is 3.51. The molecule has 1 aromatic carbocycles. The maximum Gasteiger partial charge on any atom is 0.329 e. The summed E-state index contributed by atoms with van der Waals surface area (Å²) < 4.78 is 10.0. The highest BCUT2D eigenvalue weighted by Gasteiger charge is 2.28. The van der Waals surface area contributed by atoms with Crippen molar-refractivity contribution in [3.63, 3.8) is 0 Å². The largest absolute Gasteiger partial charge is 0.451 e. The Labute approximate surface area is 153 Å². The number of urea groups is 1. The summed E-state index contributed by atoms with van der Waals surface area (Å²) in [6.45, 7) is 5.71. The van der Waals surface area contributed by atoms with E-state index in [0.29, 0.717) is 18.8 Å². The van der Waals surface area contributed by atoms with Crippen molar-refractivity contribution in [3.8, 4) is 0 Å². The first-order chi connectivity index (χ1) is 12.3. The number of rotatable bonds is 9. The molecule has 0 aromatic heterocycles. The van der Waals surface area contributed by atoms with Gasteiger partial charge in [0.1, 0.15) is 6.04 Å². The van der Waals surface area contributed by atoms with E-state index in [2.05, 4.69) is 16.0 Å². The molecule has 0 aliphatic heterocycles. The maximum absolute atomic E-state index is 12.3. The van der Waals surface area contributed by atoms with Gasteiger partial charge in [0.15, 0.2) is 6.10 Å². The lowest BCUT2D eigenvalue weighted by atomic mass is 10.0. The molecule has 0 radical (unpaired) electrons. The molecule has 3 N–H and O–H groups in total. The highest BCUT2D eigenvalue weighted by molar-refractivity contribution is 5.93. The second kappa shape index (κ2) is 11.1. The van der Waals surface area contributed by atoms with Crippen molar-refractivity contribution < 1.29 is 23.9 Å². The minimum absolute atomic E-state index is 0.215. The Balaban J connectivity index is 2.58. The van der Waals surface area contributed by atoms with Crippen molar-refractivity contribution in [1.82, 2.24) is 10.6 Å². The van der Waals surface area contributed by atoms with Crippen LogP contribution in [0.5, 0.6) is 0 Å². The number of anilines is 1. The number of para-hydroxylation sites is 1. The molecule has 0 unspecified atom stereocenters. The van der Waals surface area contributed by atoms with Crippen LogP contribution in [-0.2, 0) is 19.1 Å². The van der Waals surface area contributed by atoms with Crippen LogP contribution in [0.15, 0.2) is 30.3 Å². The zero-order chi connectivity index (χ0) is 19.5. The molecule has 0 aliphatic carbocycles. The zero-order valence-electron chi connectivity index (χ0n) is 15.6. The SMILES string of the molecule is COCCNC(=O)[C@H](C)OC(=O)[C@H](NC(=O)Nc1ccccc1)C(C)C. The summed E-state index contributed by atoms with van der Waals surface area (Å²) in [5.74, 6) is -1.31. The molecule has 0 heterocycles. The summed E-state index contributed by atoms with van der Waals surface area (Å²) in [5, 5.41) is 7.82. The van der Waals surface area contributed by atoms with Crippen molar-refractivity contribution in [2.75, 3.05) is 25.6 Å². The monoisotopic (exact) mass is 365 g/mol. The van der Waals surface area contributed by atoms with Gasteiger partial charge < -0.3 is 25.4 Å². The fourth-order valence-electron chi connectivity index (χ4n) is 2.05. The summed E-state index contributed by atoms with van der Waals surface area (Å²) in [5.41, 5.74) is 0.603. The molecule has 0 bridgehead atoms. The van der Waals surface area contributed by atoms with E-state index in [1.165, 1.54) is 14.0 Å². The number of hydrogen-bond acceptors (Lipinski definition) is 5. The van der Waals surface area contributed by atoms with Crippen LogP contribution in [0.2, 0.25) is 0 Å². The lowest BCUT2D eigenvalue weighted by Gasteiger charge is -2.23. The smallest absolute Gasteiger partial charge is 0.329 e. The molecule has 0 aliphatic rings. The van der Waals surface area contributed by atoms with Crippen LogP contribution < -0.4 is 16.0 Å². The van der Waals surface area contributed by atoms with Gasteiger partial charge in [-0.15, -0.1) is 0 Å². The fraction of sp³-hybridized carbons (Fsp3) is 0.500. The van der Waals surface area contributed by atoms with Gasteiger partial charge in [0.2, 0.25) is 0 Å².